The van der Waals surface area contributed by atoms with Crippen molar-refractivity contribution in [1.29, 1.82) is 0 Å². The maximum Gasteiger partial charge on any atom is 0.0471 e. The molecular formula is C33H32O2. The van der Waals surface area contributed by atoms with Gasteiger partial charge in [0, 0.05) is 25.0 Å². The van der Waals surface area contributed by atoms with Crippen LogP contribution in [0.25, 0.3) is 22.3 Å². The quantitative estimate of drug-likeness (QED) is 0.336. The number of aliphatic hydroxyl groups excluding tert-OH is 2. The van der Waals surface area contributed by atoms with E-state index in [0.717, 1.165) is 0 Å². The van der Waals surface area contributed by atoms with Crippen LogP contribution in [0.4, 0.5) is 0 Å². The molecule has 2 atom stereocenters. The minimum Gasteiger partial charge on any atom is -0.396 e. The van der Waals surface area contributed by atoms with Crippen LogP contribution in [0.1, 0.15) is 59.1 Å². The molecule has 176 valence electrons. The summed E-state index contributed by atoms with van der Waals surface area (Å²) in [6.45, 7) is 5.14. The third-order valence-electron chi connectivity index (χ3n) is 8.34. The number of hydrogen-bond acceptors (Lipinski definition) is 2. The Hall–Kier alpha value is -3.20. The minimum atomic E-state index is -0.153. The molecule has 35 heavy (non-hydrogen) atoms. The molecule has 4 aromatic carbocycles. The maximum atomic E-state index is 9.90. The molecule has 0 aliphatic heterocycles. The topological polar surface area (TPSA) is 40.5 Å². The Morgan fingerprint density at radius 1 is 0.543 bits per heavy atom. The van der Waals surface area contributed by atoms with Gasteiger partial charge in [-0.2, -0.15) is 0 Å². The van der Waals surface area contributed by atoms with Gasteiger partial charge in [0.2, 0.25) is 0 Å². The lowest BCUT2D eigenvalue weighted by Crippen LogP contribution is -2.30. The molecular weight excluding hydrogens is 428 g/mol. The van der Waals surface area contributed by atoms with Gasteiger partial charge in [0.05, 0.1) is 0 Å². The molecule has 0 fully saturated rings. The second-order valence-corrected chi connectivity index (χ2v) is 10.6. The molecule has 6 rings (SSSR count). The molecule has 0 spiro atoms. The van der Waals surface area contributed by atoms with Crippen molar-refractivity contribution in [3.8, 4) is 22.3 Å². The van der Waals surface area contributed by atoms with Gasteiger partial charge in [0.15, 0.2) is 0 Å². The van der Waals surface area contributed by atoms with E-state index in [-0.39, 0.29) is 30.5 Å². The van der Waals surface area contributed by atoms with Gasteiger partial charge in [-0.3, -0.25) is 0 Å². The number of benzene rings is 4. The summed E-state index contributed by atoms with van der Waals surface area (Å²) in [5.74, 6) is 0.394. The van der Waals surface area contributed by atoms with Gasteiger partial charge >= 0.3 is 0 Å². The van der Waals surface area contributed by atoms with E-state index in [2.05, 4.69) is 98.8 Å². The summed E-state index contributed by atoms with van der Waals surface area (Å²) in [4.78, 5) is 0. The first kappa shape index (κ1) is 22.3. The van der Waals surface area contributed by atoms with E-state index in [0.29, 0.717) is 12.8 Å². The van der Waals surface area contributed by atoms with E-state index in [1.807, 2.05) is 0 Å². The fourth-order valence-corrected chi connectivity index (χ4v) is 7.07. The van der Waals surface area contributed by atoms with Crippen molar-refractivity contribution in [3.05, 3.63) is 118 Å². The maximum absolute atomic E-state index is 9.90. The zero-order valence-corrected chi connectivity index (χ0v) is 20.5. The molecule has 0 amide bonds. The third-order valence-corrected chi connectivity index (χ3v) is 8.34. The Labute approximate surface area is 207 Å². The SMILES string of the molecule is CC(C)(C1c2ccccc2-c2cccc(CCO)c21)C1c2ccccc2-c2cccc(CCO)c21. The Bertz CT molecular complexity index is 1310. The van der Waals surface area contributed by atoms with Crippen molar-refractivity contribution in [2.24, 2.45) is 5.41 Å². The predicted molar refractivity (Wildman–Crippen MR) is 143 cm³/mol. The molecule has 0 radical (unpaired) electrons. The molecule has 2 heteroatoms. The van der Waals surface area contributed by atoms with Crippen molar-refractivity contribution < 1.29 is 10.2 Å². The van der Waals surface area contributed by atoms with Crippen LogP contribution in [-0.4, -0.2) is 23.4 Å². The monoisotopic (exact) mass is 460 g/mol. The first-order chi connectivity index (χ1) is 17.1. The molecule has 0 saturated carbocycles. The molecule has 0 bridgehead atoms. The average Bonchev–Trinajstić information content (AvgIpc) is 3.40. The van der Waals surface area contributed by atoms with Crippen molar-refractivity contribution in [2.45, 2.75) is 38.5 Å². The summed E-state index contributed by atoms with van der Waals surface area (Å²) in [6, 6.07) is 30.8. The van der Waals surface area contributed by atoms with Crippen LogP contribution in [0.3, 0.4) is 0 Å². The van der Waals surface area contributed by atoms with Gasteiger partial charge in [0.1, 0.15) is 0 Å². The minimum absolute atomic E-state index is 0.149. The van der Waals surface area contributed by atoms with Gasteiger partial charge in [-0.15, -0.1) is 0 Å². The van der Waals surface area contributed by atoms with Crippen LogP contribution in [0.15, 0.2) is 84.9 Å². The van der Waals surface area contributed by atoms with Gasteiger partial charge in [0.25, 0.3) is 0 Å². The molecule has 4 aromatic rings. The van der Waals surface area contributed by atoms with Crippen molar-refractivity contribution >= 4 is 0 Å². The van der Waals surface area contributed by atoms with Crippen LogP contribution < -0.4 is 0 Å². The molecule has 2 nitrogen and oxygen atoms in total. The highest BCUT2D eigenvalue weighted by molar-refractivity contribution is 5.83. The molecule has 0 aromatic heterocycles. The van der Waals surface area contributed by atoms with E-state index in [4.69, 9.17) is 0 Å². The standard InChI is InChI=1S/C33H32O2/c1-33(2,31-27-13-5-3-11-23(27)25-15-7-9-21(17-19-34)29(25)31)32-28-14-6-4-12-24(28)26-16-8-10-22(18-20-35)30(26)32/h3-16,31-32,34-35H,17-20H2,1-2H3. The normalized spacial score (nSPS) is 17.6. The van der Waals surface area contributed by atoms with Crippen LogP contribution in [0, 0.1) is 5.41 Å². The van der Waals surface area contributed by atoms with E-state index < -0.39 is 0 Å². The van der Waals surface area contributed by atoms with E-state index in [9.17, 15) is 10.2 Å². The Morgan fingerprint density at radius 3 is 1.37 bits per heavy atom. The van der Waals surface area contributed by atoms with Crippen LogP contribution in [-0.2, 0) is 12.8 Å². The summed E-state index contributed by atoms with van der Waals surface area (Å²) in [5.41, 5.74) is 13.1. The molecule has 2 aliphatic carbocycles. The fourth-order valence-electron chi connectivity index (χ4n) is 7.07. The fraction of sp³-hybridized carbons (Fsp3) is 0.273. The first-order valence-electron chi connectivity index (χ1n) is 12.7. The predicted octanol–water partition coefficient (Wildman–Crippen LogP) is 6.71. The largest absolute Gasteiger partial charge is 0.396 e. The lowest BCUT2D eigenvalue weighted by molar-refractivity contribution is 0.274. The highest BCUT2D eigenvalue weighted by atomic mass is 16.3. The molecule has 0 saturated heterocycles. The highest BCUT2D eigenvalue weighted by Gasteiger charge is 2.49. The smallest absolute Gasteiger partial charge is 0.0471 e. The summed E-state index contributed by atoms with van der Waals surface area (Å²) < 4.78 is 0. The highest BCUT2D eigenvalue weighted by Crippen LogP contribution is 2.63. The Morgan fingerprint density at radius 2 is 0.943 bits per heavy atom. The number of fused-ring (bicyclic) bond motifs is 6. The van der Waals surface area contributed by atoms with E-state index >= 15 is 0 Å². The number of aliphatic hydroxyl groups is 2. The van der Waals surface area contributed by atoms with Gasteiger partial charge in [-0.05, 0) is 73.9 Å². The van der Waals surface area contributed by atoms with Crippen molar-refractivity contribution in [1.82, 2.24) is 0 Å². The van der Waals surface area contributed by atoms with Crippen molar-refractivity contribution in [3.63, 3.8) is 0 Å². The number of rotatable bonds is 6. The average molecular weight is 461 g/mol. The number of hydrogen-bond donors (Lipinski definition) is 2. The molecule has 2 unspecified atom stereocenters. The Balaban J connectivity index is 1.62. The third kappa shape index (κ3) is 3.24. The molecule has 2 aliphatic rings. The Kier molecular flexibility index (Phi) is 5.40. The van der Waals surface area contributed by atoms with Gasteiger partial charge in [-0.1, -0.05) is 98.8 Å². The first-order valence-corrected chi connectivity index (χ1v) is 12.7. The van der Waals surface area contributed by atoms with Gasteiger partial charge < -0.3 is 10.2 Å². The van der Waals surface area contributed by atoms with Crippen LogP contribution in [0.2, 0.25) is 0 Å². The lowest BCUT2D eigenvalue weighted by Gasteiger charge is -2.41. The van der Waals surface area contributed by atoms with E-state index in [1.54, 1.807) is 0 Å². The zero-order valence-electron chi connectivity index (χ0n) is 20.5. The zero-order chi connectivity index (χ0) is 24.2. The molecule has 2 N–H and O–H groups in total. The second-order valence-electron chi connectivity index (χ2n) is 10.6. The van der Waals surface area contributed by atoms with E-state index in [1.165, 1.54) is 55.6 Å². The summed E-state index contributed by atoms with van der Waals surface area (Å²) in [6.07, 6.45) is 1.33. The van der Waals surface area contributed by atoms with Crippen LogP contribution in [0.5, 0.6) is 0 Å². The second kappa shape index (κ2) is 8.48. The van der Waals surface area contributed by atoms with Gasteiger partial charge in [-0.25, -0.2) is 0 Å². The molecule has 0 heterocycles. The van der Waals surface area contributed by atoms with Crippen molar-refractivity contribution in [2.75, 3.05) is 13.2 Å². The summed E-state index contributed by atoms with van der Waals surface area (Å²) in [7, 11) is 0. The van der Waals surface area contributed by atoms with Crippen LogP contribution >= 0.6 is 0 Å². The lowest BCUT2D eigenvalue weighted by atomic mass is 9.62. The summed E-state index contributed by atoms with van der Waals surface area (Å²) in [5, 5.41) is 19.8. The summed E-state index contributed by atoms with van der Waals surface area (Å²) >= 11 is 0.